The first-order valence-corrected chi connectivity index (χ1v) is 4.92. The summed E-state index contributed by atoms with van der Waals surface area (Å²) in [6, 6.07) is 1.49. The Morgan fingerprint density at radius 1 is 1.53 bits per heavy atom. The van der Waals surface area contributed by atoms with Gasteiger partial charge >= 0.3 is 0 Å². The van der Waals surface area contributed by atoms with E-state index in [9.17, 15) is 9.50 Å². The lowest BCUT2D eigenvalue weighted by Gasteiger charge is -2.23. The average Bonchev–Trinajstić information content (AvgIpc) is 2.14. The smallest absolute Gasteiger partial charge is 0.147 e. The summed E-state index contributed by atoms with van der Waals surface area (Å²) in [6.07, 6.45) is 1.74. The van der Waals surface area contributed by atoms with E-state index >= 15 is 0 Å². The van der Waals surface area contributed by atoms with Crippen LogP contribution in [-0.2, 0) is 0 Å². The molecule has 3 nitrogen and oxygen atoms in total. The van der Waals surface area contributed by atoms with Crippen LogP contribution in [0.2, 0.25) is 0 Å². The largest absolute Gasteiger partial charge is 0.387 e. The highest BCUT2D eigenvalue weighted by Gasteiger charge is 2.16. The number of aromatic nitrogens is 1. The van der Waals surface area contributed by atoms with Crippen LogP contribution in [0.3, 0.4) is 0 Å². The summed E-state index contributed by atoms with van der Waals surface area (Å²) in [5.74, 6) is -0.472. The number of pyridine rings is 1. The Morgan fingerprint density at radius 3 is 2.73 bits per heavy atom. The third kappa shape index (κ3) is 3.93. The summed E-state index contributed by atoms with van der Waals surface area (Å²) in [5.41, 5.74) is 0.187. The van der Waals surface area contributed by atoms with Crippen molar-refractivity contribution < 1.29 is 9.50 Å². The first-order valence-electron chi connectivity index (χ1n) is 4.92. The number of halogens is 1. The van der Waals surface area contributed by atoms with Crippen molar-refractivity contribution >= 4 is 0 Å². The zero-order valence-corrected chi connectivity index (χ0v) is 9.29. The van der Waals surface area contributed by atoms with Crippen LogP contribution >= 0.6 is 0 Å². The average molecular weight is 212 g/mol. The van der Waals surface area contributed by atoms with Gasteiger partial charge in [-0.25, -0.2) is 4.39 Å². The molecule has 1 heterocycles. The fourth-order valence-electron chi connectivity index (χ4n) is 1.17. The van der Waals surface area contributed by atoms with Gasteiger partial charge in [0.25, 0.3) is 0 Å². The van der Waals surface area contributed by atoms with Crippen molar-refractivity contribution in [2.45, 2.75) is 32.4 Å². The summed E-state index contributed by atoms with van der Waals surface area (Å²) in [7, 11) is 0. The molecule has 0 saturated heterocycles. The lowest BCUT2D eigenvalue weighted by Crippen LogP contribution is -2.38. The maximum atomic E-state index is 13.2. The van der Waals surface area contributed by atoms with Gasteiger partial charge in [0.1, 0.15) is 5.82 Å². The van der Waals surface area contributed by atoms with E-state index in [1.807, 2.05) is 20.8 Å². The van der Waals surface area contributed by atoms with Gasteiger partial charge in [0.2, 0.25) is 0 Å². The number of rotatable bonds is 3. The molecule has 0 bridgehead atoms. The van der Waals surface area contributed by atoms with E-state index in [1.54, 1.807) is 0 Å². The van der Waals surface area contributed by atoms with Gasteiger partial charge in [-0.15, -0.1) is 0 Å². The fourth-order valence-corrected chi connectivity index (χ4v) is 1.17. The van der Waals surface area contributed by atoms with Crippen LogP contribution in [0.1, 0.15) is 32.4 Å². The van der Waals surface area contributed by atoms with Gasteiger partial charge in [-0.1, -0.05) is 0 Å². The van der Waals surface area contributed by atoms with Crippen LogP contribution in [0, 0.1) is 5.82 Å². The molecule has 0 aliphatic heterocycles. The predicted molar refractivity (Wildman–Crippen MR) is 56.9 cm³/mol. The van der Waals surface area contributed by atoms with Gasteiger partial charge in [0, 0.05) is 23.8 Å². The first-order chi connectivity index (χ1) is 6.90. The monoisotopic (exact) mass is 212 g/mol. The maximum absolute atomic E-state index is 13.2. The van der Waals surface area contributed by atoms with E-state index in [4.69, 9.17) is 0 Å². The Balaban J connectivity index is 2.62. The number of aliphatic hydroxyl groups is 1. The van der Waals surface area contributed by atoms with Gasteiger partial charge in [0.05, 0.1) is 12.3 Å². The van der Waals surface area contributed by atoms with Gasteiger partial charge in [-0.05, 0) is 26.8 Å². The Kier molecular flexibility index (Phi) is 3.77. The van der Waals surface area contributed by atoms with Crippen molar-refractivity contribution in [3.63, 3.8) is 0 Å². The van der Waals surface area contributed by atoms with E-state index in [0.717, 1.165) is 6.20 Å². The van der Waals surface area contributed by atoms with E-state index in [2.05, 4.69) is 10.3 Å². The fraction of sp³-hybridized carbons (Fsp3) is 0.545. The van der Waals surface area contributed by atoms with Crippen molar-refractivity contribution in [2.75, 3.05) is 6.54 Å². The van der Waals surface area contributed by atoms with Gasteiger partial charge in [-0.3, -0.25) is 4.98 Å². The molecule has 0 saturated carbocycles. The molecular weight excluding hydrogens is 195 g/mol. The second kappa shape index (κ2) is 4.68. The van der Waals surface area contributed by atoms with Crippen LogP contribution in [-0.4, -0.2) is 22.2 Å². The maximum Gasteiger partial charge on any atom is 0.147 e. The highest BCUT2D eigenvalue weighted by atomic mass is 19.1. The normalized spacial score (nSPS) is 13.9. The van der Waals surface area contributed by atoms with Gasteiger partial charge in [0.15, 0.2) is 0 Å². The minimum absolute atomic E-state index is 0.0928. The minimum Gasteiger partial charge on any atom is -0.387 e. The van der Waals surface area contributed by atoms with Crippen LogP contribution < -0.4 is 5.32 Å². The first kappa shape index (κ1) is 12.1. The van der Waals surface area contributed by atoms with Gasteiger partial charge < -0.3 is 10.4 Å². The van der Waals surface area contributed by atoms with Crippen molar-refractivity contribution in [2.24, 2.45) is 0 Å². The van der Waals surface area contributed by atoms with Crippen molar-refractivity contribution in [1.29, 1.82) is 0 Å². The predicted octanol–water partition coefficient (Wildman–Crippen LogP) is 1.64. The van der Waals surface area contributed by atoms with E-state index in [0.29, 0.717) is 6.54 Å². The molecule has 1 aromatic rings. The highest BCUT2D eigenvalue weighted by molar-refractivity contribution is 5.15. The molecule has 1 rings (SSSR count). The van der Waals surface area contributed by atoms with Crippen LogP contribution in [0.4, 0.5) is 4.39 Å². The Labute approximate surface area is 89.4 Å². The molecule has 4 heteroatoms. The second-order valence-electron chi connectivity index (χ2n) is 4.54. The number of nitrogens with zero attached hydrogens (tertiary/aromatic N) is 1. The summed E-state index contributed by atoms with van der Waals surface area (Å²) in [4.78, 5) is 3.63. The molecule has 1 aromatic heterocycles. The lowest BCUT2D eigenvalue weighted by atomic mass is 10.1. The lowest BCUT2D eigenvalue weighted by molar-refractivity contribution is 0.159. The summed E-state index contributed by atoms with van der Waals surface area (Å²) in [5, 5.41) is 12.8. The molecule has 0 aliphatic rings. The Hall–Kier alpha value is -1.00. The SMILES string of the molecule is CC(C)(C)NC[C@H](O)c1ccncc1F. The van der Waals surface area contributed by atoms with Crippen LogP contribution in [0.25, 0.3) is 0 Å². The second-order valence-corrected chi connectivity index (χ2v) is 4.54. The third-order valence-corrected chi connectivity index (χ3v) is 1.99. The molecule has 0 aromatic carbocycles. The summed E-state index contributed by atoms with van der Waals surface area (Å²) in [6.45, 7) is 6.29. The number of hydrogen-bond acceptors (Lipinski definition) is 3. The quantitative estimate of drug-likeness (QED) is 0.800. The van der Waals surface area contributed by atoms with Crippen molar-refractivity contribution in [3.05, 3.63) is 29.8 Å². The van der Waals surface area contributed by atoms with Crippen molar-refractivity contribution in [1.82, 2.24) is 10.3 Å². The minimum atomic E-state index is -0.841. The summed E-state index contributed by atoms with van der Waals surface area (Å²) < 4.78 is 13.2. The molecule has 15 heavy (non-hydrogen) atoms. The van der Waals surface area contributed by atoms with Crippen molar-refractivity contribution in [3.8, 4) is 0 Å². The molecule has 2 N–H and O–H groups in total. The number of aliphatic hydroxyl groups excluding tert-OH is 1. The highest BCUT2D eigenvalue weighted by Crippen LogP contribution is 2.15. The van der Waals surface area contributed by atoms with E-state index in [1.165, 1.54) is 12.3 Å². The van der Waals surface area contributed by atoms with Crippen LogP contribution in [0.15, 0.2) is 18.5 Å². The third-order valence-electron chi connectivity index (χ3n) is 1.99. The topological polar surface area (TPSA) is 45.1 Å². The van der Waals surface area contributed by atoms with Crippen LogP contribution in [0.5, 0.6) is 0 Å². The molecule has 84 valence electrons. The van der Waals surface area contributed by atoms with E-state index in [-0.39, 0.29) is 11.1 Å². The number of hydrogen-bond donors (Lipinski definition) is 2. The zero-order valence-electron chi connectivity index (χ0n) is 9.29. The number of β-amino-alcohol motifs (C(OH)–C–C–N with tert-alkyl or cyclic N) is 1. The Morgan fingerprint density at radius 2 is 2.20 bits per heavy atom. The van der Waals surface area contributed by atoms with Gasteiger partial charge in [-0.2, -0.15) is 0 Å². The summed E-state index contributed by atoms with van der Waals surface area (Å²) >= 11 is 0. The molecule has 0 amide bonds. The Bertz CT molecular complexity index is 323. The number of nitrogens with one attached hydrogen (secondary N) is 1. The standard InChI is InChI=1S/C11H17FN2O/c1-11(2,3)14-7-10(15)8-4-5-13-6-9(8)12/h4-6,10,14-15H,7H2,1-3H3/t10-/m0/s1. The molecule has 0 spiro atoms. The molecule has 0 radical (unpaired) electrons. The molecule has 0 unspecified atom stereocenters. The zero-order chi connectivity index (χ0) is 11.5. The molecule has 0 fully saturated rings. The van der Waals surface area contributed by atoms with E-state index < -0.39 is 11.9 Å². The molecular formula is C11H17FN2O. The molecule has 1 atom stereocenters. The molecule has 0 aliphatic carbocycles.